The Kier molecular flexibility index (Phi) is 6.43. The summed E-state index contributed by atoms with van der Waals surface area (Å²) in [6, 6.07) is 14.5. The fraction of sp³-hybridized carbons (Fsp3) is 0.333. The van der Waals surface area contributed by atoms with E-state index in [9.17, 15) is 13.2 Å². The highest BCUT2D eigenvalue weighted by Gasteiger charge is 2.30. The van der Waals surface area contributed by atoms with Crippen LogP contribution in [0.5, 0.6) is 0 Å². The maximum absolute atomic E-state index is 13.0. The van der Waals surface area contributed by atoms with Crippen molar-refractivity contribution in [2.24, 2.45) is 0 Å². The van der Waals surface area contributed by atoms with Crippen LogP contribution in [0.2, 0.25) is 0 Å². The van der Waals surface area contributed by atoms with Crippen molar-refractivity contribution in [3.05, 3.63) is 78.4 Å². The van der Waals surface area contributed by atoms with Crippen LogP contribution >= 0.6 is 0 Å². The number of rotatable bonds is 6. The molecule has 0 aliphatic carbocycles. The Morgan fingerprint density at radius 3 is 2.22 bits per heavy atom. The lowest BCUT2D eigenvalue weighted by molar-refractivity contribution is 0.0698. The van der Waals surface area contributed by atoms with E-state index in [0.717, 1.165) is 17.7 Å². The van der Waals surface area contributed by atoms with E-state index < -0.39 is 10.0 Å². The molecule has 0 N–H and O–H groups in total. The van der Waals surface area contributed by atoms with Crippen molar-refractivity contribution in [3.8, 4) is 5.69 Å². The fourth-order valence-electron chi connectivity index (χ4n) is 3.86. The number of piperazine rings is 1. The number of hydrogen-bond donors (Lipinski definition) is 0. The molecule has 2 aromatic carbocycles. The maximum atomic E-state index is 13.0. The Morgan fingerprint density at radius 2 is 1.66 bits per heavy atom. The molecule has 0 spiro atoms. The highest BCUT2D eigenvalue weighted by Crippen LogP contribution is 2.23. The molecule has 1 amide bonds. The van der Waals surface area contributed by atoms with Gasteiger partial charge in [-0.3, -0.25) is 4.79 Å². The number of amides is 1. The third-order valence-corrected chi connectivity index (χ3v) is 8.05. The van der Waals surface area contributed by atoms with Gasteiger partial charge in [0.25, 0.3) is 5.91 Å². The van der Waals surface area contributed by atoms with Crippen LogP contribution in [0.25, 0.3) is 5.69 Å². The molecule has 7 nitrogen and oxygen atoms in total. The van der Waals surface area contributed by atoms with E-state index in [4.69, 9.17) is 0 Å². The summed E-state index contributed by atoms with van der Waals surface area (Å²) in [6.45, 7) is 5.55. The molecule has 1 saturated heterocycles. The average Bonchev–Trinajstić information content (AvgIpc) is 3.38. The Labute approximate surface area is 189 Å². The average molecular weight is 453 g/mol. The van der Waals surface area contributed by atoms with Crippen LogP contribution in [0.4, 0.5) is 0 Å². The monoisotopic (exact) mass is 452 g/mol. The standard InChI is InChI=1S/C24H28N4O3S/c1-3-19(2)20-6-10-23(11-7-20)32(30,31)28-16-14-26(15-17-28)24(29)21-4-8-22(9-5-21)27-13-12-25-18-27/h4-13,18-19H,3,14-17H2,1-2H3. The predicted octanol–water partition coefficient (Wildman–Crippen LogP) is 3.53. The number of sulfonamides is 1. The van der Waals surface area contributed by atoms with Crippen molar-refractivity contribution in [1.82, 2.24) is 18.8 Å². The summed E-state index contributed by atoms with van der Waals surface area (Å²) >= 11 is 0. The topological polar surface area (TPSA) is 75.5 Å². The molecule has 2 heterocycles. The fourth-order valence-corrected chi connectivity index (χ4v) is 5.28. The van der Waals surface area contributed by atoms with Gasteiger partial charge < -0.3 is 9.47 Å². The molecule has 3 aromatic rings. The van der Waals surface area contributed by atoms with Crippen molar-refractivity contribution in [1.29, 1.82) is 0 Å². The quantitative estimate of drug-likeness (QED) is 0.573. The largest absolute Gasteiger partial charge is 0.336 e. The van der Waals surface area contributed by atoms with Crippen LogP contribution in [-0.2, 0) is 10.0 Å². The highest BCUT2D eigenvalue weighted by molar-refractivity contribution is 7.89. The first kappa shape index (κ1) is 22.2. The summed E-state index contributed by atoms with van der Waals surface area (Å²) in [5.41, 5.74) is 2.65. The second-order valence-electron chi connectivity index (χ2n) is 8.09. The summed E-state index contributed by atoms with van der Waals surface area (Å²) < 4.78 is 29.4. The van der Waals surface area contributed by atoms with Crippen LogP contribution in [0, 0.1) is 0 Å². The molecule has 0 radical (unpaired) electrons. The Hall–Kier alpha value is -2.97. The second-order valence-corrected chi connectivity index (χ2v) is 10.0. The van der Waals surface area contributed by atoms with Gasteiger partial charge in [0.15, 0.2) is 0 Å². The van der Waals surface area contributed by atoms with Crippen molar-refractivity contribution in [2.75, 3.05) is 26.2 Å². The molecule has 1 aliphatic heterocycles. The Morgan fingerprint density at radius 1 is 1.00 bits per heavy atom. The third kappa shape index (κ3) is 4.47. The van der Waals surface area contributed by atoms with E-state index in [1.807, 2.05) is 35.0 Å². The zero-order valence-corrected chi connectivity index (χ0v) is 19.2. The number of nitrogens with zero attached hydrogens (tertiary/aromatic N) is 4. The van der Waals surface area contributed by atoms with Crippen LogP contribution in [0.1, 0.15) is 42.1 Å². The van der Waals surface area contributed by atoms with Gasteiger partial charge in [-0.15, -0.1) is 0 Å². The van der Waals surface area contributed by atoms with Crippen LogP contribution in [-0.4, -0.2) is 59.3 Å². The Balaban J connectivity index is 1.39. The van der Waals surface area contributed by atoms with Gasteiger partial charge in [-0.05, 0) is 54.3 Å². The number of aromatic nitrogens is 2. The van der Waals surface area contributed by atoms with E-state index in [-0.39, 0.29) is 19.0 Å². The number of benzene rings is 2. The van der Waals surface area contributed by atoms with Gasteiger partial charge in [0, 0.05) is 49.8 Å². The van der Waals surface area contributed by atoms with Gasteiger partial charge in [0.05, 0.1) is 11.2 Å². The zero-order chi connectivity index (χ0) is 22.7. The molecule has 168 valence electrons. The minimum absolute atomic E-state index is 0.0860. The third-order valence-electron chi connectivity index (χ3n) is 6.14. The number of hydrogen-bond acceptors (Lipinski definition) is 4. The lowest BCUT2D eigenvalue weighted by Gasteiger charge is -2.34. The van der Waals surface area contributed by atoms with Crippen LogP contribution in [0.15, 0.2) is 72.1 Å². The maximum Gasteiger partial charge on any atom is 0.253 e. The molecule has 1 aliphatic rings. The first-order valence-corrected chi connectivity index (χ1v) is 12.3. The number of carbonyl (C=O) groups is 1. The highest BCUT2D eigenvalue weighted by atomic mass is 32.2. The molecular formula is C24H28N4O3S. The summed E-state index contributed by atoms with van der Waals surface area (Å²) in [5, 5.41) is 0. The number of imidazole rings is 1. The van der Waals surface area contributed by atoms with Crippen molar-refractivity contribution in [3.63, 3.8) is 0 Å². The van der Waals surface area contributed by atoms with Gasteiger partial charge in [-0.1, -0.05) is 26.0 Å². The molecule has 1 atom stereocenters. The second kappa shape index (κ2) is 9.26. The SMILES string of the molecule is CCC(C)c1ccc(S(=O)(=O)N2CCN(C(=O)c3ccc(-n4ccnc4)cc3)CC2)cc1. The molecule has 0 bridgehead atoms. The van der Waals surface area contributed by atoms with Crippen molar-refractivity contribution in [2.45, 2.75) is 31.1 Å². The van der Waals surface area contributed by atoms with Crippen molar-refractivity contribution >= 4 is 15.9 Å². The lowest BCUT2D eigenvalue weighted by Crippen LogP contribution is -2.50. The predicted molar refractivity (Wildman–Crippen MR) is 123 cm³/mol. The molecule has 32 heavy (non-hydrogen) atoms. The van der Waals surface area contributed by atoms with Gasteiger partial charge in [0.2, 0.25) is 10.0 Å². The lowest BCUT2D eigenvalue weighted by atomic mass is 9.99. The molecule has 0 saturated carbocycles. The molecule has 1 fully saturated rings. The van der Waals surface area contributed by atoms with Crippen molar-refractivity contribution < 1.29 is 13.2 Å². The van der Waals surface area contributed by atoms with Crippen LogP contribution in [0.3, 0.4) is 0 Å². The molecule has 1 unspecified atom stereocenters. The van der Waals surface area contributed by atoms with E-state index in [2.05, 4.69) is 18.8 Å². The molecule has 4 rings (SSSR count). The van der Waals surface area contributed by atoms with Crippen LogP contribution < -0.4 is 0 Å². The smallest absolute Gasteiger partial charge is 0.253 e. The normalized spacial score (nSPS) is 16.1. The zero-order valence-electron chi connectivity index (χ0n) is 18.4. The summed E-state index contributed by atoms with van der Waals surface area (Å²) in [6.07, 6.45) is 6.25. The van der Waals surface area contributed by atoms with Gasteiger partial charge in [-0.25, -0.2) is 13.4 Å². The van der Waals surface area contributed by atoms with E-state index in [1.54, 1.807) is 41.7 Å². The van der Waals surface area contributed by atoms with Gasteiger partial charge in [-0.2, -0.15) is 4.31 Å². The molecule has 8 heteroatoms. The molecular weight excluding hydrogens is 424 g/mol. The summed E-state index contributed by atoms with van der Waals surface area (Å²) in [7, 11) is -3.57. The van der Waals surface area contributed by atoms with E-state index in [1.165, 1.54) is 4.31 Å². The minimum atomic E-state index is -3.57. The van der Waals surface area contributed by atoms with E-state index in [0.29, 0.717) is 29.5 Å². The first-order chi connectivity index (χ1) is 15.4. The van der Waals surface area contributed by atoms with Gasteiger partial charge in [0.1, 0.15) is 0 Å². The Bertz CT molecular complexity index is 1150. The number of carbonyl (C=O) groups excluding carboxylic acids is 1. The first-order valence-electron chi connectivity index (χ1n) is 10.9. The summed E-state index contributed by atoms with van der Waals surface area (Å²) in [5.74, 6) is 0.312. The van der Waals surface area contributed by atoms with E-state index >= 15 is 0 Å². The molecule has 1 aromatic heterocycles. The summed E-state index contributed by atoms with van der Waals surface area (Å²) in [4.78, 5) is 18.9. The van der Waals surface area contributed by atoms with Gasteiger partial charge >= 0.3 is 0 Å². The minimum Gasteiger partial charge on any atom is -0.336 e.